The number of nitrogens with zero attached hydrogens (tertiary/aromatic N) is 2. The molecular formula is C23H18F2N2O5S. The summed E-state index contributed by atoms with van der Waals surface area (Å²) in [7, 11) is 0. The second-order valence-electron chi connectivity index (χ2n) is 6.69. The number of fused-ring (bicyclic) bond motifs is 1. The van der Waals surface area contributed by atoms with Gasteiger partial charge in [-0.25, -0.2) is 9.78 Å². The van der Waals surface area contributed by atoms with E-state index >= 15 is 0 Å². The van der Waals surface area contributed by atoms with E-state index in [0.29, 0.717) is 33.1 Å². The first-order valence-electron chi connectivity index (χ1n) is 9.91. The zero-order chi connectivity index (χ0) is 23.4. The van der Waals surface area contributed by atoms with Crippen molar-refractivity contribution in [2.24, 2.45) is 0 Å². The summed E-state index contributed by atoms with van der Waals surface area (Å²) in [5.41, 5.74) is 0.902. The summed E-state index contributed by atoms with van der Waals surface area (Å²) in [4.78, 5) is 30.0. The molecule has 0 aliphatic heterocycles. The Morgan fingerprint density at radius 1 is 1.15 bits per heavy atom. The summed E-state index contributed by atoms with van der Waals surface area (Å²) in [6, 6.07) is 14.1. The van der Waals surface area contributed by atoms with Crippen LogP contribution in [0.15, 0.2) is 75.2 Å². The van der Waals surface area contributed by atoms with Crippen molar-refractivity contribution in [3.8, 4) is 11.4 Å². The SMILES string of the molecule is CCOC(=O)c1ccoc1CSc1nc2ccccc2c(=O)n1-c1ccc(OC(F)F)cc1. The molecule has 2 heterocycles. The highest BCUT2D eigenvalue weighted by Crippen LogP contribution is 2.27. The molecule has 2 aromatic carbocycles. The Labute approximate surface area is 190 Å². The van der Waals surface area contributed by atoms with Crippen molar-refractivity contribution in [1.82, 2.24) is 9.55 Å². The average molecular weight is 472 g/mol. The molecule has 7 nitrogen and oxygen atoms in total. The molecule has 0 atom stereocenters. The van der Waals surface area contributed by atoms with Crippen molar-refractivity contribution < 1.29 is 27.5 Å². The minimum absolute atomic E-state index is 0.0283. The molecule has 0 fully saturated rings. The Kier molecular flexibility index (Phi) is 6.74. The molecule has 2 aromatic heterocycles. The molecule has 4 aromatic rings. The number of furan rings is 1. The van der Waals surface area contributed by atoms with Crippen LogP contribution in [0.5, 0.6) is 5.75 Å². The van der Waals surface area contributed by atoms with Gasteiger partial charge in [0.25, 0.3) is 5.56 Å². The van der Waals surface area contributed by atoms with Crippen molar-refractivity contribution in [2.75, 3.05) is 6.61 Å². The standard InChI is InChI=1S/C23H18F2N2O5S/c1-2-30-21(29)17-11-12-31-19(17)13-33-23-26-18-6-4-3-5-16(18)20(28)27(23)14-7-9-15(10-8-14)32-22(24)25/h3-12,22H,2,13H2,1H3. The molecule has 0 unspecified atom stereocenters. The summed E-state index contributed by atoms with van der Waals surface area (Å²) >= 11 is 1.19. The summed E-state index contributed by atoms with van der Waals surface area (Å²) in [6.45, 7) is -1.01. The summed E-state index contributed by atoms with van der Waals surface area (Å²) in [5, 5.41) is 0.743. The van der Waals surface area contributed by atoms with E-state index < -0.39 is 12.6 Å². The van der Waals surface area contributed by atoms with Crippen molar-refractivity contribution >= 4 is 28.6 Å². The smallest absolute Gasteiger partial charge is 0.387 e. The number of alkyl halides is 2. The zero-order valence-electron chi connectivity index (χ0n) is 17.4. The van der Waals surface area contributed by atoms with Gasteiger partial charge in [-0.2, -0.15) is 8.78 Å². The minimum atomic E-state index is -2.95. The monoisotopic (exact) mass is 472 g/mol. The number of thioether (sulfide) groups is 1. The second kappa shape index (κ2) is 9.86. The second-order valence-corrected chi connectivity index (χ2v) is 7.63. The van der Waals surface area contributed by atoms with Gasteiger partial charge in [-0.3, -0.25) is 9.36 Å². The number of ether oxygens (including phenoxy) is 2. The number of esters is 1. The molecule has 0 saturated heterocycles. The number of carbonyl (C=O) groups is 1. The maximum Gasteiger partial charge on any atom is 0.387 e. The van der Waals surface area contributed by atoms with Gasteiger partial charge in [0, 0.05) is 0 Å². The number of halogens is 2. The highest BCUT2D eigenvalue weighted by Gasteiger charge is 2.19. The summed E-state index contributed by atoms with van der Waals surface area (Å²) in [6.07, 6.45) is 1.39. The van der Waals surface area contributed by atoms with Crippen molar-refractivity contribution in [1.29, 1.82) is 0 Å². The number of hydrogen-bond donors (Lipinski definition) is 0. The third kappa shape index (κ3) is 4.90. The number of aromatic nitrogens is 2. The van der Waals surface area contributed by atoms with E-state index in [-0.39, 0.29) is 23.7 Å². The lowest BCUT2D eigenvalue weighted by molar-refractivity contribution is -0.0498. The van der Waals surface area contributed by atoms with E-state index in [1.807, 2.05) is 0 Å². The number of benzene rings is 2. The lowest BCUT2D eigenvalue weighted by Crippen LogP contribution is -2.21. The number of carbonyl (C=O) groups excluding carboxylic acids is 1. The highest BCUT2D eigenvalue weighted by atomic mass is 32.2. The van der Waals surface area contributed by atoms with Gasteiger partial charge in [0.05, 0.1) is 35.2 Å². The third-order valence-corrected chi connectivity index (χ3v) is 5.58. The molecule has 10 heteroatoms. The molecular weight excluding hydrogens is 454 g/mol. The summed E-state index contributed by atoms with van der Waals surface area (Å²) in [5.74, 6) is 0.0613. The maximum absolute atomic E-state index is 13.3. The quantitative estimate of drug-likeness (QED) is 0.202. The normalized spacial score (nSPS) is 11.2. The first-order chi connectivity index (χ1) is 16.0. The molecule has 0 radical (unpaired) electrons. The lowest BCUT2D eigenvalue weighted by atomic mass is 10.2. The van der Waals surface area contributed by atoms with Crippen LogP contribution in [0.2, 0.25) is 0 Å². The fourth-order valence-electron chi connectivity index (χ4n) is 3.19. The van der Waals surface area contributed by atoms with Crippen LogP contribution in [0.25, 0.3) is 16.6 Å². The van der Waals surface area contributed by atoms with Crippen LogP contribution in [0.3, 0.4) is 0 Å². The van der Waals surface area contributed by atoms with E-state index in [0.717, 1.165) is 0 Å². The van der Waals surface area contributed by atoms with Gasteiger partial charge < -0.3 is 13.9 Å². The van der Waals surface area contributed by atoms with Gasteiger partial charge in [-0.15, -0.1) is 0 Å². The van der Waals surface area contributed by atoms with Gasteiger partial charge in [0.15, 0.2) is 5.16 Å². The van der Waals surface area contributed by atoms with Crippen molar-refractivity contribution in [3.05, 3.63) is 82.5 Å². The van der Waals surface area contributed by atoms with E-state index in [9.17, 15) is 18.4 Å². The Balaban J connectivity index is 1.73. The summed E-state index contributed by atoms with van der Waals surface area (Å²) < 4.78 is 41.2. The van der Waals surface area contributed by atoms with Crippen LogP contribution >= 0.6 is 11.8 Å². The third-order valence-electron chi connectivity index (χ3n) is 4.64. The molecule has 0 N–H and O–H groups in total. The average Bonchev–Trinajstić information content (AvgIpc) is 3.27. The molecule has 0 saturated carbocycles. The Morgan fingerprint density at radius 2 is 1.91 bits per heavy atom. The first kappa shape index (κ1) is 22.5. The van der Waals surface area contributed by atoms with Gasteiger partial charge in [0.1, 0.15) is 17.1 Å². The van der Waals surface area contributed by atoms with Crippen molar-refractivity contribution in [2.45, 2.75) is 24.4 Å². The van der Waals surface area contributed by atoms with Crippen LogP contribution < -0.4 is 10.3 Å². The number of rotatable bonds is 8. The van der Waals surface area contributed by atoms with Gasteiger partial charge in [0.2, 0.25) is 0 Å². The molecule has 4 rings (SSSR count). The van der Waals surface area contributed by atoms with E-state index in [1.54, 1.807) is 31.2 Å². The fourth-order valence-corrected chi connectivity index (χ4v) is 4.15. The first-order valence-corrected chi connectivity index (χ1v) is 10.9. The van der Waals surface area contributed by atoms with Crippen LogP contribution in [-0.4, -0.2) is 28.7 Å². The van der Waals surface area contributed by atoms with E-state index in [1.165, 1.54) is 52.9 Å². The van der Waals surface area contributed by atoms with Gasteiger partial charge >= 0.3 is 12.6 Å². The van der Waals surface area contributed by atoms with E-state index in [2.05, 4.69) is 9.72 Å². The van der Waals surface area contributed by atoms with Crippen LogP contribution in [0.1, 0.15) is 23.0 Å². The van der Waals surface area contributed by atoms with Crippen LogP contribution in [-0.2, 0) is 10.5 Å². The van der Waals surface area contributed by atoms with E-state index in [4.69, 9.17) is 9.15 Å². The number of para-hydroxylation sites is 1. The predicted molar refractivity (Wildman–Crippen MR) is 118 cm³/mol. The Hall–Kier alpha value is -3.66. The molecule has 0 amide bonds. The highest BCUT2D eigenvalue weighted by molar-refractivity contribution is 7.98. The van der Waals surface area contributed by atoms with Crippen LogP contribution in [0, 0.1) is 0 Å². The predicted octanol–water partition coefficient (Wildman–Crippen LogP) is 5.05. The van der Waals surface area contributed by atoms with Crippen molar-refractivity contribution in [3.63, 3.8) is 0 Å². The molecule has 0 spiro atoms. The Bertz CT molecular complexity index is 1330. The van der Waals surface area contributed by atoms with Gasteiger partial charge in [-0.05, 0) is 49.4 Å². The molecule has 0 aliphatic carbocycles. The fraction of sp³-hybridized carbons (Fsp3) is 0.174. The zero-order valence-corrected chi connectivity index (χ0v) is 18.2. The maximum atomic E-state index is 13.3. The van der Waals surface area contributed by atoms with Crippen LogP contribution in [0.4, 0.5) is 8.78 Å². The lowest BCUT2D eigenvalue weighted by Gasteiger charge is -2.14. The molecule has 0 bridgehead atoms. The topological polar surface area (TPSA) is 83.6 Å². The minimum Gasteiger partial charge on any atom is -0.468 e. The molecule has 33 heavy (non-hydrogen) atoms. The Morgan fingerprint density at radius 3 is 2.64 bits per heavy atom. The van der Waals surface area contributed by atoms with Gasteiger partial charge in [-0.1, -0.05) is 23.9 Å². The molecule has 0 aliphatic rings. The largest absolute Gasteiger partial charge is 0.468 e. The number of hydrogen-bond acceptors (Lipinski definition) is 7. The molecule has 170 valence electrons.